The summed E-state index contributed by atoms with van der Waals surface area (Å²) in [4.78, 5) is 12.9. The van der Waals surface area contributed by atoms with Crippen molar-refractivity contribution < 1.29 is 13.2 Å². The maximum absolute atomic E-state index is 12.9. The van der Waals surface area contributed by atoms with Crippen molar-refractivity contribution in [3.05, 3.63) is 78.4 Å². The molecule has 0 aliphatic carbocycles. The van der Waals surface area contributed by atoms with Crippen molar-refractivity contribution in [1.29, 1.82) is 0 Å². The largest absolute Gasteiger partial charge is 0.350 e. The average Bonchev–Trinajstić information content (AvgIpc) is 2.69. The van der Waals surface area contributed by atoms with Gasteiger partial charge in [-0.1, -0.05) is 67.6 Å². The molecule has 0 radical (unpaired) electrons. The molecule has 28 heavy (non-hydrogen) atoms. The first-order valence-corrected chi connectivity index (χ1v) is 11.1. The molecule has 6 heteroatoms. The van der Waals surface area contributed by atoms with Crippen LogP contribution in [0.15, 0.2) is 72.8 Å². The van der Waals surface area contributed by atoms with Gasteiger partial charge < -0.3 is 5.32 Å². The molecule has 3 aromatic rings. The lowest BCUT2D eigenvalue weighted by Gasteiger charge is -2.30. The van der Waals surface area contributed by atoms with Crippen LogP contribution in [0.4, 0.5) is 5.69 Å². The topological polar surface area (TPSA) is 66.5 Å². The fraction of sp³-hybridized carbons (Fsp3) is 0.227. The van der Waals surface area contributed by atoms with Gasteiger partial charge in [0.15, 0.2) is 0 Å². The molecule has 1 atom stereocenters. The fourth-order valence-corrected chi connectivity index (χ4v) is 4.59. The molecule has 0 aliphatic heterocycles. The summed E-state index contributed by atoms with van der Waals surface area (Å²) in [5, 5.41) is 5.09. The highest BCUT2D eigenvalue weighted by Crippen LogP contribution is 2.23. The zero-order chi connectivity index (χ0) is 20.1. The number of carbonyl (C=O) groups is 1. The minimum absolute atomic E-state index is 0.315. The molecule has 0 spiro atoms. The van der Waals surface area contributed by atoms with Gasteiger partial charge in [-0.05, 0) is 34.9 Å². The van der Waals surface area contributed by atoms with Crippen molar-refractivity contribution >= 4 is 32.4 Å². The first-order valence-electron chi connectivity index (χ1n) is 9.20. The Bertz CT molecular complexity index is 1060. The summed E-state index contributed by atoms with van der Waals surface area (Å²) < 4.78 is 26.1. The lowest BCUT2D eigenvalue weighted by Crippen LogP contribution is -2.49. The molecule has 0 fully saturated rings. The molecule has 0 bridgehead atoms. The van der Waals surface area contributed by atoms with Gasteiger partial charge in [-0.25, -0.2) is 8.42 Å². The molecule has 0 saturated heterocycles. The Balaban J connectivity index is 1.84. The predicted octanol–water partition coefficient (Wildman–Crippen LogP) is 3.70. The standard InChI is InChI=1S/C22H24N2O3S/c1-3-21(24(28(2,26)27)19-13-5-4-6-14-19)22(25)23-16-18-12-9-11-17-10-7-8-15-20(17)18/h4-15,21H,3,16H2,1-2H3,(H,23,25)/t21-/m1/s1. The molecule has 1 amide bonds. The maximum atomic E-state index is 12.9. The number of rotatable bonds is 7. The number of amides is 1. The van der Waals surface area contributed by atoms with Crippen LogP contribution in [-0.2, 0) is 21.4 Å². The predicted molar refractivity (Wildman–Crippen MR) is 114 cm³/mol. The van der Waals surface area contributed by atoms with Crippen LogP contribution in [0.5, 0.6) is 0 Å². The van der Waals surface area contributed by atoms with E-state index in [9.17, 15) is 13.2 Å². The van der Waals surface area contributed by atoms with Gasteiger partial charge in [-0.3, -0.25) is 9.10 Å². The molecular weight excluding hydrogens is 372 g/mol. The van der Waals surface area contributed by atoms with Gasteiger partial charge in [0, 0.05) is 6.54 Å². The Hall–Kier alpha value is -2.86. The van der Waals surface area contributed by atoms with Crippen LogP contribution in [0.1, 0.15) is 18.9 Å². The second-order valence-electron chi connectivity index (χ2n) is 6.67. The molecule has 3 aromatic carbocycles. The summed E-state index contributed by atoms with van der Waals surface area (Å²) in [5.41, 5.74) is 1.48. The maximum Gasteiger partial charge on any atom is 0.244 e. The zero-order valence-corrected chi connectivity index (χ0v) is 16.8. The molecule has 1 N–H and O–H groups in total. The van der Waals surface area contributed by atoms with E-state index in [1.54, 1.807) is 24.3 Å². The van der Waals surface area contributed by atoms with Crippen LogP contribution < -0.4 is 9.62 Å². The Morgan fingerprint density at radius 1 is 0.964 bits per heavy atom. The highest BCUT2D eigenvalue weighted by atomic mass is 32.2. The number of hydrogen-bond donors (Lipinski definition) is 1. The molecule has 146 valence electrons. The van der Waals surface area contributed by atoms with Crippen molar-refractivity contribution in [2.24, 2.45) is 0 Å². The van der Waals surface area contributed by atoms with Crippen LogP contribution in [0.25, 0.3) is 10.8 Å². The molecule has 0 aromatic heterocycles. The van der Waals surface area contributed by atoms with Crippen molar-refractivity contribution in [3.8, 4) is 0 Å². The first-order chi connectivity index (χ1) is 13.4. The minimum Gasteiger partial charge on any atom is -0.350 e. The van der Waals surface area contributed by atoms with Crippen LogP contribution >= 0.6 is 0 Å². The third-order valence-electron chi connectivity index (χ3n) is 4.67. The molecule has 0 heterocycles. The van der Waals surface area contributed by atoms with Gasteiger partial charge in [-0.2, -0.15) is 0 Å². The van der Waals surface area contributed by atoms with Crippen molar-refractivity contribution in [3.63, 3.8) is 0 Å². The van der Waals surface area contributed by atoms with Crippen molar-refractivity contribution in [2.45, 2.75) is 25.9 Å². The van der Waals surface area contributed by atoms with Gasteiger partial charge in [0.1, 0.15) is 6.04 Å². The van der Waals surface area contributed by atoms with E-state index in [-0.39, 0.29) is 5.91 Å². The molecular formula is C22H24N2O3S. The fourth-order valence-electron chi connectivity index (χ4n) is 3.38. The molecule has 0 aliphatic rings. The van der Waals surface area contributed by atoms with Gasteiger partial charge in [0.2, 0.25) is 15.9 Å². The highest BCUT2D eigenvalue weighted by molar-refractivity contribution is 7.92. The number of anilines is 1. The number of para-hydroxylation sites is 1. The van der Waals surface area contributed by atoms with E-state index in [0.717, 1.165) is 22.6 Å². The number of nitrogens with one attached hydrogen (secondary N) is 1. The van der Waals surface area contributed by atoms with Crippen LogP contribution in [0, 0.1) is 0 Å². The highest BCUT2D eigenvalue weighted by Gasteiger charge is 2.31. The van der Waals surface area contributed by atoms with Crippen LogP contribution in [-0.4, -0.2) is 26.6 Å². The summed E-state index contributed by atoms with van der Waals surface area (Å²) in [7, 11) is -3.62. The zero-order valence-electron chi connectivity index (χ0n) is 16.0. The van der Waals surface area contributed by atoms with E-state index in [1.807, 2.05) is 55.5 Å². The van der Waals surface area contributed by atoms with Gasteiger partial charge in [-0.15, -0.1) is 0 Å². The third kappa shape index (κ3) is 4.34. The lowest BCUT2D eigenvalue weighted by molar-refractivity contribution is -0.122. The Morgan fingerprint density at radius 2 is 1.61 bits per heavy atom. The Kier molecular flexibility index (Phi) is 5.99. The molecule has 5 nitrogen and oxygen atoms in total. The lowest BCUT2D eigenvalue weighted by atomic mass is 10.0. The summed E-state index contributed by atoms with van der Waals surface area (Å²) in [6.45, 7) is 2.15. The van der Waals surface area contributed by atoms with Gasteiger partial charge in [0.25, 0.3) is 0 Å². The summed E-state index contributed by atoms with van der Waals surface area (Å²) in [5.74, 6) is -0.315. The summed E-state index contributed by atoms with van der Waals surface area (Å²) in [6, 6.07) is 21.8. The molecule has 3 rings (SSSR count). The number of sulfonamides is 1. The van der Waals surface area contributed by atoms with E-state index < -0.39 is 16.1 Å². The quantitative estimate of drug-likeness (QED) is 0.662. The van der Waals surface area contributed by atoms with Crippen molar-refractivity contribution in [2.75, 3.05) is 10.6 Å². The number of hydrogen-bond acceptors (Lipinski definition) is 3. The normalized spacial score (nSPS) is 12.5. The number of fused-ring (bicyclic) bond motifs is 1. The average molecular weight is 397 g/mol. The minimum atomic E-state index is -3.62. The summed E-state index contributed by atoms with van der Waals surface area (Å²) >= 11 is 0. The van der Waals surface area contributed by atoms with Crippen LogP contribution in [0.3, 0.4) is 0 Å². The first kappa shape index (κ1) is 19.9. The van der Waals surface area contributed by atoms with E-state index >= 15 is 0 Å². The Morgan fingerprint density at radius 3 is 2.29 bits per heavy atom. The second-order valence-corrected chi connectivity index (χ2v) is 8.53. The van der Waals surface area contributed by atoms with Crippen molar-refractivity contribution in [1.82, 2.24) is 5.32 Å². The molecule has 0 saturated carbocycles. The monoisotopic (exact) mass is 396 g/mol. The third-order valence-corrected chi connectivity index (χ3v) is 5.85. The second kappa shape index (κ2) is 8.44. The number of benzene rings is 3. The molecule has 0 unspecified atom stereocenters. The van der Waals surface area contributed by atoms with Gasteiger partial charge in [0.05, 0.1) is 11.9 Å². The smallest absolute Gasteiger partial charge is 0.244 e. The van der Waals surface area contributed by atoms with E-state index in [0.29, 0.717) is 18.7 Å². The van der Waals surface area contributed by atoms with E-state index in [2.05, 4.69) is 5.32 Å². The number of carbonyl (C=O) groups excluding carboxylic acids is 1. The SMILES string of the molecule is CC[C@H](C(=O)NCc1cccc2ccccc12)N(c1ccccc1)S(C)(=O)=O. The Labute approximate surface area is 166 Å². The summed E-state index contributed by atoms with van der Waals surface area (Å²) in [6.07, 6.45) is 1.49. The van der Waals surface area contributed by atoms with E-state index in [1.165, 1.54) is 4.31 Å². The number of nitrogens with zero attached hydrogens (tertiary/aromatic N) is 1. The van der Waals surface area contributed by atoms with Crippen LogP contribution in [0.2, 0.25) is 0 Å². The van der Waals surface area contributed by atoms with E-state index in [4.69, 9.17) is 0 Å². The van der Waals surface area contributed by atoms with Gasteiger partial charge >= 0.3 is 0 Å².